The number of aryl methyl sites for hydroxylation is 4. The van der Waals surface area contributed by atoms with Gasteiger partial charge in [0.1, 0.15) is 11.4 Å². The molecule has 0 aliphatic heterocycles. The molecular weight excluding hydrogens is 274 g/mol. The van der Waals surface area contributed by atoms with E-state index in [9.17, 15) is 5.11 Å². The number of rotatable bonds is 4. The van der Waals surface area contributed by atoms with E-state index in [-0.39, 0.29) is 5.75 Å². The van der Waals surface area contributed by atoms with E-state index < -0.39 is 0 Å². The SMILES string of the molecule is CCc1ccn2c(C)c(CCc3ccc(N)c(O)c3)nc2c1. The summed E-state index contributed by atoms with van der Waals surface area (Å²) < 4.78 is 2.13. The second-order valence-electron chi connectivity index (χ2n) is 5.65. The zero-order valence-corrected chi connectivity index (χ0v) is 13.0. The van der Waals surface area contributed by atoms with Crippen molar-refractivity contribution in [3.05, 3.63) is 59.0 Å². The Hall–Kier alpha value is -2.49. The molecule has 0 amide bonds. The van der Waals surface area contributed by atoms with Crippen molar-refractivity contribution in [3.8, 4) is 5.75 Å². The highest BCUT2D eigenvalue weighted by Gasteiger charge is 2.09. The number of hydrogen-bond acceptors (Lipinski definition) is 3. The fourth-order valence-corrected chi connectivity index (χ4v) is 2.72. The minimum absolute atomic E-state index is 0.150. The first-order chi connectivity index (χ1) is 10.6. The lowest BCUT2D eigenvalue weighted by Crippen LogP contribution is -1.95. The maximum Gasteiger partial charge on any atom is 0.138 e. The molecule has 2 aromatic heterocycles. The van der Waals surface area contributed by atoms with Crippen LogP contribution in [0.15, 0.2) is 36.5 Å². The summed E-state index contributed by atoms with van der Waals surface area (Å²) in [5.74, 6) is 0.150. The van der Waals surface area contributed by atoms with Crippen LogP contribution in [0.4, 0.5) is 5.69 Å². The summed E-state index contributed by atoms with van der Waals surface area (Å²) in [5.41, 5.74) is 11.7. The highest BCUT2D eigenvalue weighted by molar-refractivity contribution is 5.53. The van der Waals surface area contributed by atoms with Crippen LogP contribution in [0.25, 0.3) is 5.65 Å². The molecule has 114 valence electrons. The van der Waals surface area contributed by atoms with Gasteiger partial charge in [-0.25, -0.2) is 4.98 Å². The molecule has 0 aliphatic carbocycles. The quantitative estimate of drug-likeness (QED) is 0.573. The molecule has 0 atom stereocenters. The van der Waals surface area contributed by atoms with Crippen molar-refractivity contribution in [1.29, 1.82) is 0 Å². The molecule has 3 N–H and O–H groups in total. The number of nitrogens with two attached hydrogens (primary N) is 1. The molecule has 2 heterocycles. The second-order valence-corrected chi connectivity index (χ2v) is 5.65. The number of phenolic OH excluding ortho intramolecular Hbond substituents is 1. The highest BCUT2D eigenvalue weighted by atomic mass is 16.3. The van der Waals surface area contributed by atoms with E-state index in [1.807, 2.05) is 6.07 Å². The molecule has 4 nitrogen and oxygen atoms in total. The summed E-state index contributed by atoms with van der Waals surface area (Å²) in [7, 11) is 0. The topological polar surface area (TPSA) is 63.5 Å². The first-order valence-electron chi connectivity index (χ1n) is 7.62. The Morgan fingerprint density at radius 1 is 1.14 bits per heavy atom. The summed E-state index contributed by atoms with van der Waals surface area (Å²) in [5, 5.41) is 9.68. The number of nitrogens with zero attached hydrogens (tertiary/aromatic N) is 2. The average molecular weight is 295 g/mol. The third kappa shape index (κ3) is 2.64. The number of fused-ring (bicyclic) bond motifs is 1. The maximum absolute atomic E-state index is 9.68. The summed E-state index contributed by atoms with van der Waals surface area (Å²) in [6.45, 7) is 4.25. The van der Waals surface area contributed by atoms with Gasteiger partial charge in [0.05, 0.1) is 11.4 Å². The van der Waals surface area contributed by atoms with Gasteiger partial charge in [0.2, 0.25) is 0 Å². The number of anilines is 1. The number of nitrogen functional groups attached to an aromatic ring is 1. The summed E-state index contributed by atoms with van der Waals surface area (Å²) in [6, 6.07) is 9.72. The lowest BCUT2D eigenvalue weighted by Gasteiger charge is -2.04. The van der Waals surface area contributed by atoms with E-state index in [1.54, 1.807) is 12.1 Å². The van der Waals surface area contributed by atoms with Gasteiger partial charge >= 0.3 is 0 Å². The Morgan fingerprint density at radius 3 is 2.68 bits per heavy atom. The van der Waals surface area contributed by atoms with Gasteiger partial charge in [-0.15, -0.1) is 0 Å². The van der Waals surface area contributed by atoms with Gasteiger partial charge in [0.15, 0.2) is 0 Å². The summed E-state index contributed by atoms with van der Waals surface area (Å²) >= 11 is 0. The number of phenols is 1. The van der Waals surface area contributed by atoms with Crippen LogP contribution < -0.4 is 5.73 Å². The zero-order chi connectivity index (χ0) is 15.7. The Balaban J connectivity index is 1.84. The van der Waals surface area contributed by atoms with Crippen molar-refractivity contribution >= 4 is 11.3 Å². The van der Waals surface area contributed by atoms with Crippen molar-refractivity contribution in [3.63, 3.8) is 0 Å². The van der Waals surface area contributed by atoms with E-state index >= 15 is 0 Å². The summed E-state index contributed by atoms with van der Waals surface area (Å²) in [6.07, 6.45) is 4.79. The fourth-order valence-electron chi connectivity index (χ4n) is 2.72. The molecule has 3 rings (SSSR count). The van der Waals surface area contributed by atoms with Crippen LogP contribution in [0, 0.1) is 6.92 Å². The van der Waals surface area contributed by atoms with Crippen LogP contribution in [0.5, 0.6) is 5.75 Å². The maximum atomic E-state index is 9.68. The lowest BCUT2D eigenvalue weighted by atomic mass is 10.1. The number of benzene rings is 1. The number of hydrogen-bond donors (Lipinski definition) is 2. The Labute approximate surface area is 130 Å². The molecule has 1 aromatic carbocycles. The number of aromatic hydroxyl groups is 1. The number of aromatic nitrogens is 2. The van der Waals surface area contributed by atoms with Crippen LogP contribution in [0.2, 0.25) is 0 Å². The fraction of sp³-hybridized carbons (Fsp3) is 0.278. The van der Waals surface area contributed by atoms with Gasteiger partial charge in [-0.3, -0.25) is 0 Å². The zero-order valence-electron chi connectivity index (χ0n) is 13.0. The molecule has 0 saturated heterocycles. The molecule has 3 aromatic rings. The minimum Gasteiger partial charge on any atom is -0.506 e. The first-order valence-corrected chi connectivity index (χ1v) is 7.62. The van der Waals surface area contributed by atoms with Crippen molar-refractivity contribution in [1.82, 2.24) is 9.38 Å². The molecule has 0 saturated carbocycles. The van der Waals surface area contributed by atoms with Gasteiger partial charge in [-0.1, -0.05) is 13.0 Å². The van der Waals surface area contributed by atoms with Crippen LogP contribution in [0.3, 0.4) is 0 Å². The van der Waals surface area contributed by atoms with Gasteiger partial charge in [-0.2, -0.15) is 0 Å². The Bertz CT molecular complexity index is 821. The Morgan fingerprint density at radius 2 is 1.95 bits per heavy atom. The molecular formula is C18H21N3O. The molecule has 0 unspecified atom stereocenters. The van der Waals surface area contributed by atoms with E-state index in [4.69, 9.17) is 10.7 Å². The lowest BCUT2D eigenvalue weighted by molar-refractivity contribution is 0.477. The molecule has 0 spiro atoms. The summed E-state index contributed by atoms with van der Waals surface area (Å²) in [4.78, 5) is 4.75. The smallest absolute Gasteiger partial charge is 0.138 e. The first kappa shape index (κ1) is 14.4. The third-order valence-electron chi connectivity index (χ3n) is 4.18. The predicted molar refractivity (Wildman–Crippen MR) is 89.2 cm³/mol. The number of imidazole rings is 1. The van der Waals surface area contributed by atoms with Crippen LogP contribution in [-0.2, 0) is 19.3 Å². The van der Waals surface area contributed by atoms with Gasteiger partial charge < -0.3 is 15.2 Å². The third-order valence-corrected chi connectivity index (χ3v) is 4.18. The van der Waals surface area contributed by atoms with Gasteiger partial charge in [-0.05, 0) is 61.6 Å². The largest absolute Gasteiger partial charge is 0.506 e. The highest BCUT2D eigenvalue weighted by Crippen LogP contribution is 2.22. The average Bonchev–Trinajstić information content (AvgIpc) is 2.84. The minimum atomic E-state index is 0.150. The van der Waals surface area contributed by atoms with Crippen LogP contribution in [-0.4, -0.2) is 14.5 Å². The standard InChI is InChI=1S/C18H21N3O/c1-3-13-8-9-21-12(2)16(20-18(21)11-13)7-5-14-4-6-15(19)17(22)10-14/h4,6,8-11,22H,3,5,7,19H2,1-2H3. The van der Waals surface area contributed by atoms with E-state index in [0.29, 0.717) is 5.69 Å². The number of pyridine rings is 1. The molecule has 4 heteroatoms. The molecule has 0 bridgehead atoms. The Kier molecular flexibility index (Phi) is 3.75. The van der Waals surface area contributed by atoms with E-state index in [2.05, 4.69) is 36.6 Å². The van der Waals surface area contributed by atoms with Crippen LogP contribution in [0.1, 0.15) is 29.4 Å². The monoisotopic (exact) mass is 295 g/mol. The van der Waals surface area contributed by atoms with E-state index in [0.717, 1.165) is 36.2 Å². The predicted octanol–water partition coefficient (Wildman–Crippen LogP) is 3.28. The van der Waals surface area contributed by atoms with Crippen molar-refractivity contribution in [2.24, 2.45) is 0 Å². The molecule has 0 fully saturated rings. The van der Waals surface area contributed by atoms with E-state index in [1.165, 1.54) is 11.3 Å². The molecule has 0 radical (unpaired) electrons. The molecule has 22 heavy (non-hydrogen) atoms. The second kappa shape index (κ2) is 5.72. The van der Waals surface area contributed by atoms with Gasteiger partial charge in [0, 0.05) is 11.9 Å². The molecule has 0 aliphatic rings. The normalized spacial score (nSPS) is 11.2. The van der Waals surface area contributed by atoms with Crippen molar-refractivity contribution in [2.75, 3.05) is 5.73 Å². The van der Waals surface area contributed by atoms with Gasteiger partial charge in [0.25, 0.3) is 0 Å². The van der Waals surface area contributed by atoms with Crippen molar-refractivity contribution in [2.45, 2.75) is 33.1 Å². The van der Waals surface area contributed by atoms with Crippen molar-refractivity contribution < 1.29 is 5.11 Å². The van der Waals surface area contributed by atoms with Crippen LogP contribution >= 0.6 is 0 Å².